The van der Waals surface area contributed by atoms with Crippen molar-refractivity contribution in [3.8, 4) is 11.1 Å². The number of piperidine rings is 1. The molecule has 2 heterocycles. The summed E-state index contributed by atoms with van der Waals surface area (Å²) in [5.41, 5.74) is -2.68. The number of nitrogens with one attached hydrogen (secondary N) is 3. The van der Waals surface area contributed by atoms with Crippen molar-refractivity contribution in [1.82, 2.24) is 10.0 Å². The topological polar surface area (TPSA) is 145 Å². The zero-order chi connectivity index (χ0) is 44.8. The molecule has 0 spiro atoms. The molecule has 2 saturated heterocycles. The third kappa shape index (κ3) is 11.4. The summed E-state index contributed by atoms with van der Waals surface area (Å²) >= 11 is 7.55. The van der Waals surface area contributed by atoms with Crippen molar-refractivity contribution in [2.75, 3.05) is 35.6 Å². The van der Waals surface area contributed by atoms with Crippen LogP contribution in [0.3, 0.4) is 0 Å². The van der Waals surface area contributed by atoms with Gasteiger partial charge in [-0.15, -0.1) is 11.8 Å². The maximum Gasteiger partial charge on any atom is 0.501 e. The lowest BCUT2D eigenvalue weighted by molar-refractivity contribution is -0.0435. The van der Waals surface area contributed by atoms with Crippen LogP contribution in [0.4, 0.5) is 24.5 Å². The van der Waals surface area contributed by atoms with Gasteiger partial charge in [0.05, 0.1) is 16.7 Å². The Morgan fingerprint density at radius 2 is 1.56 bits per heavy atom. The third-order valence-corrected chi connectivity index (χ3v) is 15.9. The first-order valence-corrected chi connectivity index (χ1v) is 25.0. The lowest BCUT2D eigenvalue weighted by Gasteiger charge is -2.36. The average molecular weight is 942 g/mol. The molecule has 334 valence electrons. The van der Waals surface area contributed by atoms with Crippen LogP contribution in [0.15, 0.2) is 136 Å². The number of thioether (sulfide) groups is 1. The number of aliphatic hydroxyl groups is 1. The van der Waals surface area contributed by atoms with Crippen molar-refractivity contribution < 1.29 is 39.9 Å². The van der Waals surface area contributed by atoms with Gasteiger partial charge in [0.2, 0.25) is 0 Å². The zero-order valence-corrected chi connectivity index (χ0v) is 37.3. The molecule has 0 radical (unpaired) electrons. The van der Waals surface area contributed by atoms with Crippen LogP contribution in [0.5, 0.6) is 0 Å². The number of rotatable bonds is 16. The zero-order valence-electron chi connectivity index (χ0n) is 34.1. The summed E-state index contributed by atoms with van der Waals surface area (Å²) in [5.74, 6) is -0.677. The van der Waals surface area contributed by atoms with Gasteiger partial charge in [-0.1, -0.05) is 66.2 Å². The number of carbonyl (C=O) groups excluding carboxylic acids is 1. The van der Waals surface area contributed by atoms with Gasteiger partial charge in [0, 0.05) is 52.1 Å². The van der Waals surface area contributed by atoms with Gasteiger partial charge in [0.15, 0.2) is 0 Å². The molecule has 4 N–H and O–H groups in total. The number of hydrogen-bond acceptors (Lipinski definition) is 10. The highest BCUT2D eigenvalue weighted by Gasteiger charge is 2.48. The average Bonchev–Trinajstić information content (AvgIpc) is 3.81. The Labute approximate surface area is 375 Å². The van der Waals surface area contributed by atoms with Crippen molar-refractivity contribution >= 4 is 60.5 Å². The van der Waals surface area contributed by atoms with E-state index in [0.29, 0.717) is 55.6 Å². The molecule has 7 rings (SSSR count). The Balaban J connectivity index is 1.02. The molecule has 3 atom stereocenters. The van der Waals surface area contributed by atoms with Crippen molar-refractivity contribution in [2.24, 2.45) is 5.92 Å². The molecular formula is C46H48ClF3N4O6S3. The van der Waals surface area contributed by atoms with Gasteiger partial charge in [-0.2, -0.15) is 13.2 Å². The highest BCUT2D eigenvalue weighted by atomic mass is 35.5. The van der Waals surface area contributed by atoms with E-state index in [1.54, 1.807) is 12.1 Å². The number of nitrogens with zero attached hydrogens (tertiary/aromatic N) is 1. The predicted octanol–water partition coefficient (Wildman–Crippen LogP) is 9.47. The van der Waals surface area contributed by atoms with Crippen molar-refractivity contribution in [1.29, 1.82) is 0 Å². The number of amides is 1. The first kappa shape index (κ1) is 46.4. The molecule has 1 amide bonds. The summed E-state index contributed by atoms with van der Waals surface area (Å²) in [6.07, 6.45) is 3.81. The van der Waals surface area contributed by atoms with Crippen molar-refractivity contribution in [2.45, 2.75) is 76.9 Å². The van der Waals surface area contributed by atoms with Crippen LogP contribution in [0.2, 0.25) is 5.02 Å². The standard InChI is InChI=1S/C46H48ClF3N4O6S3/c47-34-16-12-31(13-17-34)40-10-4-5-11-41(40)44(55)32-24-27-54(28-25-32)37-20-14-33(15-21-37)45(56)53-63(59,60)39-22-23-42(43(29-39)62(57,58)46(48,49)50)52-36(19-18-35-7-6-26-51-35)30-61-38-8-2-1-3-9-38/h1-5,8-17,20-23,29,32,35-36,44,51-52,55H,6-7,18-19,24-28,30H2,(H,53,56)/t35-,36-,44-/m1/s1. The van der Waals surface area contributed by atoms with E-state index in [9.17, 15) is 39.9 Å². The number of benzene rings is 5. The first-order valence-electron chi connectivity index (χ1n) is 20.7. The number of aliphatic hydroxyl groups excluding tert-OH is 1. The number of sulfone groups is 1. The molecule has 0 aliphatic carbocycles. The smallest absolute Gasteiger partial charge is 0.388 e. The molecule has 63 heavy (non-hydrogen) atoms. The summed E-state index contributed by atoms with van der Waals surface area (Å²) in [6, 6.07) is 32.9. The molecule has 2 aliphatic heterocycles. The van der Waals surface area contributed by atoms with Gasteiger partial charge in [0.25, 0.3) is 25.8 Å². The van der Waals surface area contributed by atoms with Crippen molar-refractivity contribution in [3.05, 3.63) is 137 Å². The highest BCUT2D eigenvalue weighted by Crippen LogP contribution is 2.39. The van der Waals surface area contributed by atoms with Crippen LogP contribution in [0, 0.1) is 5.92 Å². The van der Waals surface area contributed by atoms with Gasteiger partial charge in [-0.3, -0.25) is 4.79 Å². The van der Waals surface area contributed by atoms with E-state index in [4.69, 9.17) is 11.6 Å². The molecule has 0 unspecified atom stereocenters. The summed E-state index contributed by atoms with van der Waals surface area (Å²) in [5, 5.41) is 18.5. The van der Waals surface area contributed by atoms with E-state index in [2.05, 4.69) is 15.5 Å². The number of carbonyl (C=O) groups is 1. The molecular weight excluding hydrogens is 893 g/mol. The minimum atomic E-state index is -6.05. The Kier molecular flexibility index (Phi) is 14.8. The summed E-state index contributed by atoms with van der Waals surface area (Å²) in [4.78, 5) is 14.2. The lowest BCUT2D eigenvalue weighted by atomic mass is 9.84. The Morgan fingerprint density at radius 1 is 0.873 bits per heavy atom. The fourth-order valence-electron chi connectivity index (χ4n) is 8.11. The Morgan fingerprint density at radius 3 is 2.22 bits per heavy atom. The minimum Gasteiger partial charge on any atom is -0.388 e. The summed E-state index contributed by atoms with van der Waals surface area (Å²) in [6.45, 7) is 2.09. The second-order valence-electron chi connectivity index (χ2n) is 15.8. The van der Waals surface area contributed by atoms with E-state index in [-0.39, 0.29) is 17.5 Å². The van der Waals surface area contributed by atoms with E-state index < -0.39 is 58.9 Å². The quantitative estimate of drug-likeness (QED) is 0.0707. The number of sulfonamides is 1. The largest absolute Gasteiger partial charge is 0.501 e. The van der Waals surface area contributed by atoms with Crippen molar-refractivity contribution in [3.63, 3.8) is 0 Å². The molecule has 17 heteroatoms. The monoisotopic (exact) mass is 940 g/mol. The second-order valence-corrected chi connectivity index (χ2v) is 20.9. The number of hydrogen-bond donors (Lipinski definition) is 4. The van der Waals surface area contributed by atoms with Crippen LogP contribution >= 0.6 is 23.4 Å². The van der Waals surface area contributed by atoms with Gasteiger partial charge >= 0.3 is 5.51 Å². The SMILES string of the molecule is O=C(NS(=O)(=O)c1ccc(N[C@H](CC[C@H]2CCCN2)CSc2ccccc2)c(S(=O)(=O)C(F)(F)F)c1)c1ccc(N2CCC([C@@H](O)c3ccccc3-c3ccc(Cl)cc3)CC2)cc1. The Bertz CT molecular complexity index is 2570. The third-order valence-electron chi connectivity index (χ3n) is 11.6. The second kappa shape index (κ2) is 20.1. The lowest BCUT2D eigenvalue weighted by Crippen LogP contribution is -2.36. The Hall–Kier alpha value is -4.58. The van der Waals surface area contributed by atoms with E-state index in [1.165, 1.54) is 23.9 Å². The van der Waals surface area contributed by atoms with Gasteiger partial charge in [-0.05, 0) is 134 Å². The van der Waals surface area contributed by atoms with Crippen LogP contribution in [0.25, 0.3) is 11.1 Å². The molecule has 5 aromatic carbocycles. The number of halogens is 4. The molecule has 5 aromatic rings. The maximum atomic E-state index is 14.1. The summed E-state index contributed by atoms with van der Waals surface area (Å²) < 4.78 is 97.3. The molecule has 0 bridgehead atoms. The molecule has 10 nitrogen and oxygen atoms in total. The maximum absolute atomic E-state index is 14.1. The number of anilines is 2. The summed E-state index contributed by atoms with van der Waals surface area (Å²) in [7, 11) is -10.9. The fraction of sp³-hybridized carbons (Fsp3) is 0.326. The van der Waals surface area contributed by atoms with E-state index >= 15 is 0 Å². The minimum absolute atomic E-state index is 0.0133. The molecule has 0 saturated carbocycles. The molecule has 0 aromatic heterocycles. The predicted molar refractivity (Wildman–Crippen MR) is 242 cm³/mol. The first-order chi connectivity index (χ1) is 30.1. The van der Waals surface area contributed by atoms with E-state index in [0.717, 1.165) is 58.8 Å². The molecule has 2 fully saturated rings. The van der Waals surface area contributed by atoms with Crippen LogP contribution < -0.4 is 20.3 Å². The van der Waals surface area contributed by atoms with Gasteiger partial charge < -0.3 is 20.6 Å². The molecule has 2 aliphatic rings. The van der Waals surface area contributed by atoms with Crippen LogP contribution in [-0.2, 0) is 19.9 Å². The van der Waals surface area contributed by atoms with E-state index in [1.807, 2.05) is 83.6 Å². The van der Waals surface area contributed by atoms with Crippen LogP contribution in [-0.4, -0.2) is 70.8 Å². The van der Waals surface area contributed by atoms with Crippen LogP contribution in [0.1, 0.15) is 60.6 Å². The fourth-order valence-corrected chi connectivity index (χ4v) is 11.3. The highest BCUT2D eigenvalue weighted by molar-refractivity contribution is 7.99. The van der Waals surface area contributed by atoms with Gasteiger partial charge in [-0.25, -0.2) is 21.6 Å². The van der Waals surface area contributed by atoms with Gasteiger partial charge in [0.1, 0.15) is 4.90 Å². The normalized spacial score (nSPS) is 17.3. The number of alkyl halides is 3.